The van der Waals surface area contributed by atoms with E-state index in [9.17, 15) is 4.79 Å². The van der Waals surface area contributed by atoms with Crippen molar-refractivity contribution in [2.45, 2.75) is 90.4 Å². The van der Waals surface area contributed by atoms with Crippen molar-refractivity contribution in [1.29, 1.82) is 0 Å². The molecular formula is C34H51NO4Si. The minimum absolute atomic E-state index is 0.0171. The van der Waals surface area contributed by atoms with E-state index in [0.717, 1.165) is 38.5 Å². The lowest BCUT2D eigenvalue weighted by Gasteiger charge is -2.43. The molecule has 1 aliphatic heterocycles. The highest BCUT2D eigenvalue weighted by Gasteiger charge is 2.50. The quantitative estimate of drug-likeness (QED) is 0.113. The maximum Gasteiger partial charge on any atom is 0.261 e. The second kappa shape index (κ2) is 14.6. The number of benzene rings is 2. The zero-order chi connectivity index (χ0) is 29.3. The second-order valence-electron chi connectivity index (χ2n) is 12.6. The molecular weight excluding hydrogens is 514 g/mol. The van der Waals surface area contributed by atoms with E-state index in [2.05, 4.69) is 94.9 Å². The molecule has 3 rings (SSSR count). The fraction of sp³-hybridized carbons (Fsp3) is 0.559. The molecule has 0 aliphatic carbocycles. The molecule has 1 heterocycles. The topological polar surface area (TPSA) is 48.0 Å². The van der Waals surface area contributed by atoms with Crippen molar-refractivity contribution >= 4 is 24.6 Å². The highest BCUT2D eigenvalue weighted by molar-refractivity contribution is 6.99. The van der Waals surface area contributed by atoms with Gasteiger partial charge in [-0.1, -0.05) is 102 Å². The van der Waals surface area contributed by atoms with Crippen LogP contribution >= 0.6 is 0 Å². The van der Waals surface area contributed by atoms with Crippen molar-refractivity contribution in [2.24, 2.45) is 11.8 Å². The summed E-state index contributed by atoms with van der Waals surface area (Å²) in [7, 11) is 0.686. The molecule has 6 heteroatoms. The third kappa shape index (κ3) is 7.94. The highest BCUT2D eigenvalue weighted by atomic mass is 28.4. The molecule has 5 nitrogen and oxygen atoms in total. The number of nitrogens with zero attached hydrogens (tertiary/aromatic N) is 1. The fourth-order valence-corrected chi connectivity index (χ4v) is 10.8. The van der Waals surface area contributed by atoms with E-state index in [0.29, 0.717) is 12.5 Å². The van der Waals surface area contributed by atoms with Gasteiger partial charge in [0.2, 0.25) is 5.91 Å². The number of hydrogen-bond donors (Lipinski definition) is 0. The van der Waals surface area contributed by atoms with Crippen molar-refractivity contribution in [2.75, 3.05) is 20.8 Å². The second-order valence-corrected chi connectivity index (χ2v) is 16.9. The number of amides is 1. The monoisotopic (exact) mass is 565 g/mol. The molecule has 1 fully saturated rings. The van der Waals surface area contributed by atoms with Crippen LogP contribution in [0.3, 0.4) is 0 Å². The number of ether oxygens (including phenoxy) is 1. The van der Waals surface area contributed by atoms with Crippen LogP contribution in [0.4, 0.5) is 0 Å². The first kappa shape index (κ1) is 32.3. The predicted octanol–water partition coefficient (Wildman–Crippen LogP) is 6.52. The van der Waals surface area contributed by atoms with Crippen LogP contribution in [0.5, 0.6) is 0 Å². The summed E-state index contributed by atoms with van der Waals surface area (Å²) in [5.74, 6) is 0.395. The summed E-state index contributed by atoms with van der Waals surface area (Å²) >= 11 is 0. The highest BCUT2D eigenvalue weighted by Crippen LogP contribution is 2.37. The average Bonchev–Trinajstić information content (AvgIpc) is 3.30. The molecule has 40 heavy (non-hydrogen) atoms. The number of carbonyl (C=O) groups is 1. The predicted molar refractivity (Wildman–Crippen MR) is 167 cm³/mol. The van der Waals surface area contributed by atoms with Crippen LogP contribution in [0, 0.1) is 11.8 Å². The number of hydroxylamine groups is 2. The third-order valence-corrected chi connectivity index (χ3v) is 13.4. The van der Waals surface area contributed by atoms with Crippen LogP contribution in [0.1, 0.15) is 73.1 Å². The number of carbonyl (C=O) groups excluding carboxylic acids is 1. The first-order valence-corrected chi connectivity index (χ1v) is 16.8. The molecule has 1 unspecified atom stereocenters. The maximum absolute atomic E-state index is 12.3. The molecule has 0 bridgehead atoms. The van der Waals surface area contributed by atoms with Gasteiger partial charge >= 0.3 is 0 Å². The van der Waals surface area contributed by atoms with E-state index in [-0.39, 0.29) is 29.1 Å². The molecule has 4 atom stereocenters. The molecule has 0 saturated carbocycles. The summed E-state index contributed by atoms with van der Waals surface area (Å²) in [6, 6.07) is 21.7. The van der Waals surface area contributed by atoms with Crippen molar-refractivity contribution < 1.29 is 18.8 Å². The Morgan fingerprint density at radius 2 is 1.62 bits per heavy atom. The van der Waals surface area contributed by atoms with Gasteiger partial charge in [0.05, 0.1) is 19.3 Å². The van der Waals surface area contributed by atoms with Gasteiger partial charge in [-0.25, -0.2) is 5.06 Å². The summed E-state index contributed by atoms with van der Waals surface area (Å²) in [5, 5.41) is 3.94. The Hall–Kier alpha value is -2.25. The van der Waals surface area contributed by atoms with E-state index < -0.39 is 8.32 Å². The molecule has 0 aromatic heterocycles. The first-order valence-electron chi connectivity index (χ1n) is 14.9. The van der Waals surface area contributed by atoms with Gasteiger partial charge in [0.15, 0.2) is 0 Å². The molecule has 1 aliphatic rings. The molecule has 0 spiro atoms. The summed E-state index contributed by atoms with van der Waals surface area (Å²) < 4.78 is 13.5. The van der Waals surface area contributed by atoms with Crippen LogP contribution in [0.2, 0.25) is 5.04 Å². The summed E-state index contributed by atoms with van der Waals surface area (Å²) in [6.45, 7) is 16.2. The Balaban J connectivity index is 1.54. The van der Waals surface area contributed by atoms with Gasteiger partial charge in [-0.2, -0.15) is 0 Å². The minimum atomic E-state index is -2.50. The Morgan fingerprint density at radius 3 is 2.15 bits per heavy atom. The van der Waals surface area contributed by atoms with Crippen molar-refractivity contribution in [3.8, 4) is 0 Å². The summed E-state index contributed by atoms with van der Waals surface area (Å²) in [5.41, 5.74) is 1.20. The average molecular weight is 566 g/mol. The van der Waals surface area contributed by atoms with Crippen molar-refractivity contribution in [3.05, 3.63) is 72.8 Å². The standard InChI is InChI=1S/C34H51NO4Si/c1-26(24-28(3)33(36)35(7)37-8)21-22-32-27(2)25-29(39-32)16-15-23-38-40(34(4,5)6,30-17-11-9-12-18-30)31-19-13-10-14-20-31/h9-14,17-20,26,28-29,32H,2,15-16,21-25H2,1,3-8H3/t26?,28-,29+,32+/m1/s1. The molecule has 1 amide bonds. The summed E-state index contributed by atoms with van der Waals surface area (Å²) in [6.07, 6.45) is 5.97. The van der Waals surface area contributed by atoms with Gasteiger partial charge in [-0.15, -0.1) is 0 Å². The molecule has 1 saturated heterocycles. The van der Waals surface area contributed by atoms with Gasteiger partial charge < -0.3 is 9.16 Å². The molecule has 0 N–H and O–H groups in total. The van der Waals surface area contributed by atoms with E-state index in [1.54, 1.807) is 7.05 Å². The SMILES string of the molecule is C=C1C[C@H](CCCO[Si](c2ccccc2)(c2ccccc2)C(C)(C)C)O[C@H]1CCC(C)C[C@@H](C)C(=O)N(C)OC. The van der Waals surface area contributed by atoms with E-state index >= 15 is 0 Å². The van der Waals surface area contributed by atoms with Crippen LogP contribution in [0.25, 0.3) is 0 Å². The van der Waals surface area contributed by atoms with Gasteiger partial charge in [0.25, 0.3) is 8.32 Å². The van der Waals surface area contributed by atoms with Gasteiger partial charge in [-0.3, -0.25) is 9.63 Å². The molecule has 2 aromatic rings. The lowest BCUT2D eigenvalue weighted by atomic mass is 9.91. The zero-order valence-electron chi connectivity index (χ0n) is 25.8. The number of rotatable bonds is 14. The smallest absolute Gasteiger partial charge is 0.261 e. The van der Waals surface area contributed by atoms with Crippen LogP contribution in [-0.4, -0.2) is 52.3 Å². The Bertz CT molecular complexity index is 1030. The van der Waals surface area contributed by atoms with Gasteiger partial charge in [0, 0.05) is 19.6 Å². The lowest BCUT2D eigenvalue weighted by molar-refractivity contribution is -0.173. The lowest BCUT2D eigenvalue weighted by Crippen LogP contribution is -2.66. The Morgan fingerprint density at radius 1 is 1.05 bits per heavy atom. The molecule has 220 valence electrons. The van der Waals surface area contributed by atoms with E-state index in [1.165, 1.54) is 28.1 Å². The Labute approximate surface area is 244 Å². The largest absolute Gasteiger partial charge is 0.407 e. The van der Waals surface area contributed by atoms with Gasteiger partial charge in [0.1, 0.15) is 0 Å². The van der Waals surface area contributed by atoms with E-state index in [4.69, 9.17) is 14.0 Å². The van der Waals surface area contributed by atoms with Crippen LogP contribution in [-0.2, 0) is 18.8 Å². The third-order valence-electron chi connectivity index (χ3n) is 8.39. The van der Waals surface area contributed by atoms with Crippen LogP contribution < -0.4 is 10.4 Å². The summed E-state index contributed by atoms with van der Waals surface area (Å²) in [4.78, 5) is 17.4. The fourth-order valence-electron chi connectivity index (χ4n) is 6.20. The normalized spacial score (nSPS) is 19.4. The first-order chi connectivity index (χ1) is 19.0. The van der Waals surface area contributed by atoms with Crippen LogP contribution in [0.15, 0.2) is 72.8 Å². The molecule has 0 radical (unpaired) electrons. The number of hydrogen-bond acceptors (Lipinski definition) is 4. The minimum Gasteiger partial charge on any atom is -0.407 e. The van der Waals surface area contributed by atoms with Gasteiger partial charge in [-0.05, 0) is 65.4 Å². The van der Waals surface area contributed by atoms with E-state index in [1.807, 2.05) is 6.92 Å². The Kier molecular flexibility index (Phi) is 11.8. The maximum atomic E-state index is 12.3. The van der Waals surface area contributed by atoms with Crippen molar-refractivity contribution in [3.63, 3.8) is 0 Å². The zero-order valence-corrected chi connectivity index (χ0v) is 26.8. The molecule has 2 aromatic carbocycles. The van der Waals surface area contributed by atoms with Crippen molar-refractivity contribution in [1.82, 2.24) is 5.06 Å².